The van der Waals surface area contributed by atoms with E-state index in [9.17, 15) is 9.50 Å². The van der Waals surface area contributed by atoms with Crippen molar-refractivity contribution < 1.29 is 9.50 Å². The van der Waals surface area contributed by atoms with Crippen LogP contribution in [0.5, 0.6) is 0 Å². The van der Waals surface area contributed by atoms with Crippen molar-refractivity contribution in [2.75, 3.05) is 24.5 Å². The summed E-state index contributed by atoms with van der Waals surface area (Å²) in [4.78, 5) is 2.17. The van der Waals surface area contributed by atoms with E-state index in [1.807, 2.05) is 6.07 Å². The van der Waals surface area contributed by atoms with Crippen LogP contribution in [0.1, 0.15) is 32.3 Å². The normalized spacial score (nSPS) is 23.1. The highest BCUT2D eigenvalue weighted by atomic mass is 19.1. The van der Waals surface area contributed by atoms with Crippen molar-refractivity contribution in [1.82, 2.24) is 5.32 Å². The monoisotopic (exact) mass is 280 g/mol. The molecule has 1 heterocycles. The van der Waals surface area contributed by atoms with Crippen molar-refractivity contribution in [3.63, 3.8) is 0 Å². The van der Waals surface area contributed by atoms with Crippen LogP contribution < -0.4 is 10.2 Å². The smallest absolute Gasteiger partial charge is 0.123 e. The highest BCUT2D eigenvalue weighted by Gasteiger charge is 2.25. The number of benzene rings is 1. The number of halogens is 1. The summed E-state index contributed by atoms with van der Waals surface area (Å²) in [6.07, 6.45) is 1.73. The number of aliphatic hydroxyl groups is 1. The maximum absolute atomic E-state index is 13.5. The Bertz CT molecular complexity index is 438. The molecule has 112 valence electrons. The number of piperidine rings is 1. The van der Waals surface area contributed by atoms with Gasteiger partial charge in [0.15, 0.2) is 0 Å². The van der Waals surface area contributed by atoms with Crippen LogP contribution in [0.3, 0.4) is 0 Å². The van der Waals surface area contributed by atoms with E-state index in [1.165, 1.54) is 6.07 Å². The summed E-state index contributed by atoms with van der Waals surface area (Å²) in [7, 11) is 0. The SMILES string of the molecule is CCCNCc1cc(F)ccc1N1CCC(C)C(O)C1. The first-order valence-corrected chi connectivity index (χ1v) is 7.54. The third-order valence-electron chi connectivity index (χ3n) is 4.04. The zero-order valence-corrected chi connectivity index (χ0v) is 12.4. The Balaban J connectivity index is 2.13. The molecule has 0 aliphatic carbocycles. The van der Waals surface area contributed by atoms with Gasteiger partial charge in [0.2, 0.25) is 0 Å². The summed E-state index contributed by atoms with van der Waals surface area (Å²) in [6, 6.07) is 4.94. The molecule has 0 saturated carbocycles. The second-order valence-electron chi connectivity index (χ2n) is 5.73. The number of hydrogen-bond donors (Lipinski definition) is 2. The quantitative estimate of drug-likeness (QED) is 0.814. The van der Waals surface area contributed by atoms with E-state index in [-0.39, 0.29) is 11.9 Å². The first-order valence-electron chi connectivity index (χ1n) is 7.54. The summed E-state index contributed by atoms with van der Waals surface area (Å²) in [5.41, 5.74) is 2.01. The fourth-order valence-corrected chi connectivity index (χ4v) is 2.67. The molecule has 0 spiro atoms. The first kappa shape index (κ1) is 15.3. The Kier molecular flexibility index (Phi) is 5.38. The Morgan fingerprint density at radius 3 is 2.95 bits per heavy atom. The molecule has 2 atom stereocenters. The molecule has 0 radical (unpaired) electrons. The Labute approximate surface area is 120 Å². The van der Waals surface area contributed by atoms with Crippen molar-refractivity contribution in [2.24, 2.45) is 5.92 Å². The molecule has 1 aliphatic heterocycles. The van der Waals surface area contributed by atoms with Crippen molar-refractivity contribution in [3.8, 4) is 0 Å². The lowest BCUT2D eigenvalue weighted by Crippen LogP contribution is -2.43. The predicted octanol–water partition coefficient (Wildman–Crippen LogP) is 2.53. The lowest BCUT2D eigenvalue weighted by atomic mass is 9.95. The largest absolute Gasteiger partial charge is 0.391 e. The lowest BCUT2D eigenvalue weighted by molar-refractivity contribution is 0.103. The van der Waals surface area contributed by atoms with Gasteiger partial charge in [-0.25, -0.2) is 4.39 Å². The van der Waals surface area contributed by atoms with Crippen LogP contribution in [-0.2, 0) is 6.54 Å². The second-order valence-corrected chi connectivity index (χ2v) is 5.73. The predicted molar refractivity (Wildman–Crippen MR) is 80.4 cm³/mol. The van der Waals surface area contributed by atoms with Crippen LogP contribution in [0.15, 0.2) is 18.2 Å². The van der Waals surface area contributed by atoms with Gasteiger partial charge in [0.05, 0.1) is 6.10 Å². The Hall–Kier alpha value is -1.13. The van der Waals surface area contributed by atoms with Gasteiger partial charge in [-0.15, -0.1) is 0 Å². The van der Waals surface area contributed by atoms with Crippen LogP contribution >= 0.6 is 0 Å². The highest BCUT2D eigenvalue weighted by molar-refractivity contribution is 5.54. The van der Waals surface area contributed by atoms with E-state index in [0.29, 0.717) is 19.0 Å². The van der Waals surface area contributed by atoms with E-state index in [4.69, 9.17) is 0 Å². The molecule has 2 N–H and O–H groups in total. The highest BCUT2D eigenvalue weighted by Crippen LogP contribution is 2.27. The zero-order valence-electron chi connectivity index (χ0n) is 12.4. The first-order chi connectivity index (χ1) is 9.61. The molecule has 0 bridgehead atoms. The number of anilines is 1. The number of rotatable bonds is 5. The van der Waals surface area contributed by atoms with Crippen LogP contribution in [-0.4, -0.2) is 30.8 Å². The summed E-state index contributed by atoms with van der Waals surface area (Å²) < 4.78 is 13.5. The van der Waals surface area contributed by atoms with Gasteiger partial charge < -0.3 is 15.3 Å². The number of β-amino-alcohol motifs (C(OH)–C–C–N with tert-alkyl or cyclic N) is 1. The third-order valence-corrected chi connectivity index (χ3v) is 4.04. The fourth-order valence-electron chi connectivity index (χ4n) is 2.67. The van der Waals surface area contributed by atoms with Crippen LogP contribution in [0.25, 0.3) is 0 Å². The molecule has 1 fully saturated rings. The van der Waals surface area contributed by atoms with E-state index < -0.39 is 0 Å². The van der Waals surface area contributed by atoms with Crippen LogP contribution in [0, 0.1) is 11.7 Å². The minimum Gasteiger partial charge on any atom is -0.391 e. The van der Waals surface area contributed by atoms with E-state index in [2.05, 4.69) is 24.1 Å². The van der Waals surface area contributed by atoms with Crippen LogP contribution in [0.2, 0.25) is 0 Å². The third kappa shape index (κ3) is 3.70. The van der Waals surface area contributed by atoms with Crippen molar-refractivity contribution >= 4 is 5.69 Å². The molecular formula is C16H25FN2O. The molecular weight excluding hydrogens is 255 g/mol. The molecule has 4 heteroatoms. The van der Waals surface area contributed by atoms with Gasteiger partial charge >= 0.3 is 0 Å². The van der Waals surface area contributed by atoms with Crippen molar-refractivity contribution in [1.29, 1.82) is 0 Å². The minimum atomic E-state index is -0.301. The molecule has 2 unspecified atom stereocenters. The summed E-state index contributed by atoms with van der Waals surface area (Å²) >= 11 is 0. The number of hydrogen-bond acceptors (Lipinski definition) is 3. The lowest BCUT2D eigenvalue weighted by Gasteiger charge is -2.37. The maximum Gasteiger partial charge on any atom is 0.123 e. The van der Waals surface area contributed by atoms with Crippen molar-refractivity contribution in [3.05, 3.63) is 29.6 Å². The average Bonchev–Trinajstić information content (AvgIpc) is 2.43. The molecule has 0 aromatic heterocycles. The molecule has 20 heavy (non-hydrogen) atoms. The Morgan fingerprint density at radius 1 is 1.45 bits per heavy atom. The maximum atomic E-state index is 13.5. The van der Waals surface area contributed by atoms with Gasteiger partial charge in [0.1, 0.15) is 5.82 Å². The van der Waals surface area contributed by atoms with Crippen LogP contribution in [0.4, 0.5) is 10.1 Å². The van der Waals surface area contributed by atoms with E-state index in [1.54, 1.807) is 6.07 Å². The summed E-state index contributed by atoms with van der Waals surface area (Å²) in [6.45, 7) is 7.34. The fraction of sp³-hybridized carbons (Fsp3) is 0.625. The molecule has 0 amide bonds. The molecule has 2 rings (SSSR count). The Morgan fingerprint density at radius 2 is 2.25 bits per heavy atom. The summed E-state index contributed by atoms with van der Waals surface area (Å²) in [5.74, 6) is 0.140. The number of nitrogens with zero attached hydrogens (tertiary/aromatic N) is 1. The zero-order chi connectivity index (χ0) is 14.5. The van der Waals surface area contributed by atoms with Gasteiger partial charge in [0, 0.05) is 25.3 Å². The van der Waals surface area contributed by atoms with Gasteiger partial charge in [0.25, 0.3) is 0 Å². The molecule has 1 aliphatic rings. The molecule has 1 saturated heterocycles. The van der Waals surface area contributed by atoms with Gasteiger partial charge in [-0.05, 0) is 49.1 Å². The van der Waals surface area contributed by atoms with E-state index in [0.717, 1.165) is 37.2 Å². The van der Waals surface area contributed by atoms with Crippen molar-refractivity contribution in [2.45, 2.75) is 39.3 Å². The van der Waals surface area contributed by atoms with Gasteiger partial charge in [-0.1, -0.05) is 13.8 Å². The minimum absolute atomic E-state index is 0.201. The average molecular weight is 280 g/mol. The van der Waals surface area contributed by atoms with Gasteiger partial charge in [-0.3, -0.25) is 0 Å². The number of aliphatic hydroxyl groups excluding tert-OH is 1. The van der Waals surface area contributed by atoms with E-state index >= 15 is 0 Å². The summed E-state index contributed by atoms with van der Waals surface area (Å²) in [5, 5.41) is 13.4. The second kappa shape index (κ2) is 7.04. The number of nitrogens with one attached hydrogen (secondary N) is 1. The molecule has 1 aromatic carbocycles. The van der Waals surface area contributed by atoms with Gasteiger partial charge in [-0.2, -0.15) is 0 Å². The molecule has 3 nitrogen and oxygen atoms in total. The topological polar surface area (TPSA) is 35.5 Å². The molecule has 1 aromatic rings. The standard InChI is InChI=1S/C16H25FN2O/c1-3-7-18-10-13-9-14(17)4-5-15(13)19-8-6-12(2)16(20)11-19/h4-5,9,12,16,18,20H,3,6-8,10-11H2,1-2H3.